The highest BCUT2D eigenvalue weighted by molar-refractivity contribution is 5.96. The zero-order chi connectivity index (χ0) is 8.81. The van der Waals surface area contributed by atoms with E-state index in [0.29, 0.717) is 12.2 Å². The second-order valence-corrected chi connectivity index (χ2v) is 2.08. The quantitative estimate of drug-likeness (QED) is 0.610. The van der Waals surface area contributed by atoms with E-state index in [1.54, 1.807) is 25.3 Å². The minimum Gasteiger partial charge on any atom is -0.462 e. The van der Waals surface area contributed by atoms with Crippen molar-refractivity contribution in [1.29, 1.82) is 0 Å². The Balaban J connectivity index is 2.66. The molecule has 0 unspecified atom stereocenters. The Kier molecular flexibility index (Phi) is 3.07. The number of carbonyl (C=O) groups excluding carboxylic acids is 1. The molecule has 1 heterocycles. The molecular formula is C8H10N2O2. The fourth-order valence-corrected chi connectivity index (χ4v) is 0.737. The number of hydrogen-bond donors (Lipinski definition) is 1. The molecule has 1 aliphatic rings. The predicted octanol–water partition coefficient (Wildman–Crippen LogP) is 0.579. The van der Waals surface area contributed by atoms with E-state index >= 15 is 0 Å². The van der Waals surface area contributed by atoms with Gasteiger partial charge in [0.05, 0.1) is 12.2 Å². The van der Waals surface area contributed by atoms with Crippen LogP contribution < -0.4 is 5.43 Å². The number of nitrogens with one attached hydrogen (secondary N) is 1. The zero-order valence-corrected chi connectivity index (χ0v) is 6.78. The SMILES string of the molecule is CCOC(=O)C1=CC=NNC=C1. The fourth-order valence-electron chi connectivity index (χ4n) is 0.737. The molecule has 0 aromatic rings. The van der Waals surface area contributed by atoms with Crippen LogP contribution in [0.2, 0.25) is 0 Å². The van der Waals surface area contributed by atoms with Crippen LogP contribution in [0.5, 0.6) is 0 Å². The lowest BCUT2D eigenvalue weighted by Gasteiger charge is -1.99. The lowest BCUT2D eigenvalue weighted by molar-refractivity contribution is -0.138. The minimum absolute atomic E-state index is 0.330. The van der Waals surface area contributed by atoms with Gasteiger partial charge in [0.25, 0.3) is 0 Å². The maximum atomic E-state index is 11.1. The number of rotatable bonds is 2. The first-order valence-electron chi connectivity index (χ1n) is 3.67. The van der Waals surface area contributed by atoms with Gasteiger partial charge in [-0.05, 0) is 19.1 Å². The van der Waals surface area contributed by atoms with Crippen LogP contribution in [0.15, 0.2) is 29.0 Å². The third-order valence-electron chi connectivity index (χ3n) is 1.25. The number of carbonyl (C=O) groups is 1. The summed E-state index contributed by atoms with van der Waals surface area (Å²) in [4.78, 5) is 11.1. The molecule has 4 nitrogen and oxygen atoms in total. The molecule has 0 bridgehead atoms. The molecule has 0 atom stereocenters. The summed E-state index contributed by atoms with van der Waals surface area (Å²) in [6, 6.07) is 0. The van der Waals surface area contributed by atoms with Gasteiger partial charge in [0.15, 0.2) is 0 Å². The summed E-state index contributed by atoms with van der Waals surface area (Å²) in [5.74, 6) is -0.330. The zero-order valence-electron chi connectivity index (χ0n) is 6.78. The van der Waals surface area contributed by atoms with Gasteiger partial charge in [0.2, 0.25) is 0 Å². The molecule has 0 spiro atoms. The molecule has 0 aromatic carbocycles. The molecule has 1 rings (SSSR count). The van der Waals surface area contributed by atoms with Crippen LogP contribution in [0.25, 0.3) is 0 Å². The topological polar surface area (TPSA) is 50.7 Å². The molecule has 12 heavy (non-hydrogen) atoms. The standard InChI is InChI=1S/C8H10N2O2/c1-2-12-8(11)7-3-5-9-10-6-4-7/h3-6,9H,2H2,1H3. The van der Waals surface area contributed by atoms with Crippen molar-refractivity contribution in [2.75, 3.05) is 6.61 Å². The molecular weight excluding hydrogens is 156 g/mol. The maximum Gasteiger partial charge on any atom is 0.338 e. The van der Waals surface area contributed by atoms with Crippen LogP contribution in [0.4, 0.5) is 0 Å². The average molecular weight is 166 g/mol. The van der Waals surface area contributed by atoms with E-state index in [0.717, 1.165) is 0 Å². The molecule has 0 amide bonds. The van der Waals surface area contributed by atoms with Crippen LogP contribution in [0.1, 0.15) is 6.92 Å². The molecule has 64 valence electrons. The monoisotopic (exact) mass is 166 g/mol. The van der Waals surface area contributed by atoms with Crippen molar-refractivity contribution in [2.45, 2.75) is 6.92 Å². The van der Waals surface area contributed by atoms with Gasteiger partial charge < -0.3 is 4.74 Å². The first-order chi connectivity index (χ1) is 5.84. The third-order valence-corrected chi connectivity index (χ3v) is 1.25. The number of hydrogen-bond acceptors (Lipinski definition) is 4. The number of nitrogens with zero attached hydrogens (tertiary/aromatic N) is 1. The summed E-state index contributed by atoms with van der Waals surface area (Å²) in [6.45, 7) is 2.15. The van der Waals surface area contributed by atoms with E-state index in [-0.39, 0.29) is 5.97 Å². The number of hydrazone groups is 1. The lowest BCUT2D eigenvalue weighted by atomic mass is 10.2. The summed E-state index contributed by atoms with van der Waals surface area (Å²) in [7, 11) is 0. The molecule has 0 saturated heterocycles. The highest BCUT2D eigenvalue weighted by atomic mass is 16.5. The molecule has 1 N–H and O–H groups in total. The molecule has 0 aliphatic carbocycles. The van der Waals surface area contributed by atoms with E-state index in [9.17, 15) is 4.79 Å². The van der Waals surface area contributed by atoms with Crippen molar-refractivity contribution in [3.63, 3.8) is 0 Å². The van der Waals surface area contributed by atoms with Crippen molar-refractivity contribution >= 4 is 12.2 Å². The Morgan fingerprint density at radius 3 is 3.33 bits per heavy atom. The van der Waals surface area contributed by atoms with Crippen molar-refractivity contribution in [3.8, 4) is 0 Å². The predicted molar refractivity (Wildman–Crippen MR) is 45.5 cm³/mol. The number of esters is 1. The Bertz CT molecular complexity index is 254. The first kappa shape index (κ1) is 8.52. The summed E-state index contributed by atoms with van der Waals surface area (Å²) >= 11 is 0. The molecule has 1 aliphatic heterocycles. The van der Waals surface area contributed by atoms with Crippen LogP contribution in [-0.4, -0.2) is 18.8 Å². The van der Waals surface area contributed by atoms with E-state index in [4.69, 9.17) is 4.74 Å². The van der Waals surface area contributed by atoms with Crippen molar-refractivity contribution in [2.24, 2.45) is 5.10 Å². The number of allylic oxidation sites excluding steroid dienone is 1. The molecule has 4 heteroatoms. The lowest BCUT2D eigenvalue weighted by Crippen LogP contribution is -2.05. The van der Waals surface area contributed by atoms with Gasteiger partial charge in [-0.15, -0.1) is 0 Å². The second kappa shape index (κ2) is 4.33. The summed E-state index contributed by atoms with van der Waals surface area (Å²) in [6.07, 6.45) is 6.29. The van der Waals surface area contributed by atoms with Gasteiger partial charge in [0.1, 0.15) is 0 Å². The minimum atomic E-state index is -0.330. The highest BCUT2D eigenvalue weighted by Crippen LogP contribution is 2.00. The molecule has 0 saturated carbocycles. The Morgan fingerprint density at radius 2 is 2.58 bits per heavy atom. The van der Waals surface area contributed by atoms with Gasteiger partial charge in [0, 0.05) is 12.4 Å². The summed E-state index contributed by atoms with van der Waals surface area (Å²) in [5, 5.41) is 3.72. The average Bonchev–Trinajstić information content (AvgIpc) is 2.32. The Morgan fingerprint density at radius 1 is 1.75 bits per heavy atom. The van der Waals surface area contributed by atoms with E-state index in [1.165, 1.54) is 6.21 Å². The van der Waals surface area contributed by atoms with Gasteiger partial charge in [-0.1, -0.05) is 0 Å². The van der Waals surface area contributed by atoms with Crippen LogP contribution >= 0.6 is 0 Å². The van der Waals surface area contributed by atoms with Crippen molar-refractivity contribution in [3.05, 3.63) is 23.9 Å². The largest absolute Gasteiger partial charge is 0.462 e. The Labute approximate surface area is 70.6 Å². The van der Waals surface area contributed by atoms with Crippen molar-refractivity contribution < 1.29 is 9.53 Å². The molecule has 0 fully saturated rings. The number of ether oxygens (including phenoxy) is 1. The molecule has 0 aromatic heterocycles. The fraction of sp³-hybridized carbons (Fsp3) is 0.250. The van der Waals surface area contributed by atoms with Gasteiger partial charge in [-0.2, -0.15) is 5.10 Å². The van der Waals surface area contributed by atoms with E-state index < -0.39 is 0 Å². The maximum absolute atomic E-state index is 11.1. The summed E-state index contributed by atoms with van der Waals surface area (Å²) < 4.78 is 4.79. The van der Waals surface area contributed by atoms with Crippen LogP contribution in [-0.2, 0) is 9.53 Å². The van der Waals surface area contributed by atoms with E-state index in [2.05, 4.69) is 10.5 Å². The smallest absolute Gasteiger partial charge is 0.338 e. The van der Waals surface area contributed by atoms with Gasteiger partial charge in [-0.25, -0.2) is 4.79 Å². The van der Waals surface area contributed by atoms with Crippen molar-refractivity contribution in [1.82, 2.24) is 5.43 Å². The first-order valence-corrected chi connectivity index (χ1v) is 3.67. The Hall–Kier alpha value is -1.58. The second-order valence-electron chi connectivity index (χ2n) is 2.08. The van der Waals surface area contributed by atoms with Gasteiger partial charge >= 0.3 is 5.97 Å². The summed E-state index contributed by atoms with van der Waals surface area (Å²) in [5.41, 5.74) is 3.09. The van der Waals surface area contributed by atoms with E-state index in [1.807, 2.05) is 0 Å². The van der Waals surface area contributed by atoms with Crippen LogP contribution in [0.3, 0.4) is 0 Å². The van der Waals surface area contributed by atoms with Crippen LogP contribution in [0, 0.1) is 0 Å². The third kappa shape index (κ3) is 2.23. The van der Waals surface area contributed by atoms with Gasteiger partial charge in [-0.3, -0.25) is 5.43 Å². The molecule has 0 radical (unpaired) electrons. The normalized spacial score (nSPS) is 14.6. The highest BCUT2D eigenvalue weighted by Gasteiger charge is 2.06.